The monoisotopic (exact) mass is 236 g/mol. The van der Waals surface area contributed by atoms with Crippen molar-refractivity contribution in [2.75, 3.05) is 0 Å². The minimum Gasteiger partial charge on any atom is -0.381 e. The van der Waals surface area contributed by atoms with Gasteiger partial charge >= 0.3 is 6.18 Å². The molecule has 4 heteroatoms. The molecule has 0 aliphatic heterocycles. The summed E-state index contributed by atoms with van der Waals surface area (Å²) in [5.74, 6) is 1.60. The molecule has 0 radical (unpaired) electrons. The van der Waals surface area contributed by atoms with Gasteiger partial charge in [-0.15, -0.1) is 0 Å². The van der Waals surface area contributed by atoms with E-state index < -0.39 is 11.8 Å². The Balaban J connectivity index is 2.01. The van der Waals surface area contributed by atoms with Crippen molar-refractivity contribution in [3.8, 4) is 0 Å². The van der Waals surface area contributed by atoms with Gasteiger partial charge in [0.05, 0.1) is 0 Å². The molecule has 0 amide bonds. The van der Waals surface area contributed by atoms with E-state index in [1.54, 1.807) is 0 Å². The highest BCUT2D eigenvalue weighted by atomic mass is 19.4. The van der Waals surface area contributed by atoms with Crippen LogP contribution >= 0.6 is 0 Å². The first-order valence-electron chi connectivity index (χ1n) is 6.00. The number of halogens is 3. The Hall–Kier alpha value is -0.250. The summed E-state index contributed by atoms with van der Waals surface area (Å²) in [7, 11) is 0. The lowest BCUT2D eigenvalue weighted by Gasteiger charge is -2.34. The molecule has 0 aromatic rings. The average molecular weight is 236 g/mol. The Kier molecular flexibility index (Phi) is 2.76. The summed E-state index contributed by atoms with van der Waals surface area (Å²) < 4.78 is 37.7. The zero-order valence-electron chi connectivity index (χ0n) is 9.72. The first kappa shape index (κ1) is 12.2. The lowest BCUT2D eigenvalue weighted by molar-refractivity contribution is -0.259. The van der Waals surface area contributed by atoms with Crippen molar-refractivity contribution in [2.45, 2.75) is 51.3 Å². The molecule has 0 spiro atoms. The van der Waals surface area contributed by atoms with Crippen molar-refractivity contribution in [3.05, 3.63) is 0 Å². The van der Waals surface area contributed by atoms with Crippen molar-refractivity contribution >= 4 is 0 Å². The maximum absolute atomic E-state index is 12.6. The van der Waals surface area contributed by atoms with Crippen molar-refractivity contribution in [1.29, 1.82) is 0 Å². The minimum absolute atomic E-state index is 0.0605. The molecule has 16 heavy (non-hydrogen) atoms. The lowest BCUT2D eigenvalue weighted by Crippen LogP contribution is -2.44. The standard InChI is InChI=1S/C12H19F3O/c1-7-3-8-4-9(10(7)5-8)6-11(2,16)12(13,14)15/h7-10,16H,3-6H2,1-2H3. The summed E-state index contributed by atoms with van der Waals surface area (Å²) in [5, 5.41) is 9.50. The highest BCUT2D eigenvalue weighted by Gasteiger charge is 2.54. The van der Waals surface area contributed by atoms with E-state index in [2.05, 4.69) is 6.92 Å². The number of aliphatic hydroxyl groups is 1. The Bertz CT molecular complexity index is 272. The van der Waals surface area contributed by atoms with E-state index in [-0.39, 0.29) is 12.3 Å². The van der Waals surface area contributed by atoms with Crippen LogP contribution in [0.2, 0.25) is 0 Å². The van der Waals surface area contributed by atoms with Crippen LogP contribution in [0.4, 0.5) is 13.2 Å². The molecule has 2 fully saturated rings. The number of hydrogen-bond donors (Lipinski definition) is 1. The van der Waals surface area contributed by atoms with E-state index in [0.29, 0.717) is 17.8 Å². The summed E-state index contributed by atoms with van der Waals surface area (Å²) in [5.41, 5.74) is -2.51. The topological polar surface area (TPSA) is 20.2 Å². The van der Waals surface area contributed by atoms with Gasteiger partial charge in [0, 0.05) is 0 Å². The van der Waals surface area contributed by atoms with E-state index in [9.17, 15) is 18.3 Å². The van der Waals surface area contributed by atoms with E-state index in [4.69, 9.17) is 0 Å². The van der Waals surface area contributed by atoms with Crippen LogP contribution in [0.1, 0.15) is 39.5 Å². The summed E-state index contributed by atoms with van der Waals surface area (Å²) in [6, 6.07) is 0. The molecule has 0 saturated heterocycles. The van der Waals surface area contributed by atoms with E-state index in [0.717, 1.165) is 26.2 Å². The Morgan fingerprint density at radius 1 is 1.19 bits per heavy atom. The van der Waals surface area contributed by atoms with Gasteiger partial charge in [0.25, 0.3) is 0 Å². The number of hydrogen-bond acceptors (Lipinski definition) is 1. The molecule has 1 N–H and O–H groups in total. The van der Waals surface area contributed by atoms with Crippen LogP contribution in [0.15, 0.2) is 0 Å². The van der Waals surface area contributed by atoms with E-state index in [1.807, 2.05) is 0 Å². The lowest BCUT2D eigenvalue weighted by atomic mass is 9.76. The normalized spacial score (nSPS) is 42.4. The predicted molar refractivity (Wildman–Crippen MR) is 54.8 cm³/mol. The first-order valence-corrected chi connectivity index (χ1v) is 6.00. The second-order valence-corrected chi connectivity index (χ2v) is 5.95. The van der Waals surface area contributed by atoms with Gasteiger partial charge in [-0.3, -0.25) is 0 Å². The molecule has 0 aromatic carbocycles. The molecular formula is C12H19F3O. The summed E-state index contributed by atoms with van der Waals surface area (Å²) in [6.07, 6.45) is -1.52. The molecule has 0 aromatic heterocycles. The van der Waals surface area contributed by atoms with Crippen molar-refractivity contribution in [3.63, 3.8) is 0 Å². The van der Waals surface area contributed by atoms with Gasteiger partial charge in [-0.05, 0) is 56.3 Å². The fourth-order valence-corrected chi connectivity index (χ4v) is 3.73. The smallest absolute Gasteiger partial charge is 0.381 e. The molecule has 2 saturated carbocycles. The summed E-state index contributed by atoms with van der Waals surface area (Å²) >= 11 is 0. The highest BCUT2D eigenvalue weighted by molar-refractivity contribution is 4.97. The minimum atomic E-state index is -4.50. The van der Waals surface area contributed by atoms with Crippen LogP contribution in [0.3, 0.4) is 0 Å². The molecule has 2 rings (SSSR count). The van der Waals surface area contributed by atoms with Crippen LogP contribution < -0.4 is 0 Å². The third-order valence-electron chi connectivity index (χ3n) is 4.55. The quantitative estimate of drug-likeness (QED) is 0.779. The average Bonchev–Trinajstić information content (AvgIpc) is 2.58. The second kappa shape index (κ2) is 3.62. The second-order valence-electron chi connectivity index (χ2n) is 5.95. The van der Waals surface area contributed by atoms with Gasteiger partial charge in [-0.25, -0.2) is 0 Å². The SMILES string of the molecule is CC1CC2CC(CC(C)(O)C(F)(F)F)C1C2. The van der Waals surface area contributed by atoms with Gasteiger partial charge in [0.1, 0.15) is 0 Å². The summed E-state index contributed by atoms with van der Waals surface area (Å²) in [6.45, 7) is 3.03. The first-order chi connectivity index (χ1) is 7.21. The van der Waals surface area contributed by atoms with Crippen LogP contribution in [0.25, 0.3) is 0 Å². The number of rotatable bonds is 2. The van der Waals surface area contributed by atoms with Crippen molar-refractivity contribution in [2.24, 2.45) is 23.7 Å². The molecule has 2 bridgehead atoms. The van der Waals surface area contributed by atoms with Gasteiger partial charge in [-0.2, -0.15) is 13.2 Å². The van der Waals surface area contributed by atoms with E-state index in [1.165, 1.54) is 0 Å². The maximum atomic E-state index is 12.6. The van der Waals surface area contributed by atoms with Crippen LogP contribution in [-0.4, -0.2) is 16.9 Å². The van der Waals surface area contributed by atoms with Gasteiger partial charge in [0.15, 0.2) is 5.60 Å². The maximum Gasteiger partial charge on any atom is 0.416 e. The Morgan fingerprint density at radius 3 is 2.25 bits per heavy atom. The fraction of sp³-hybridized carbons (Fsp3) is 1.00. The Labute approximate surface area is 94.0 Å². The van der Waals surface area contributed by atoms with E-state index >= 15 is 0 Å². The zero-order chi connectivity index (χ0) is 12.1. The molecule has 5 unspecified atom stereocenters. The molecule has 1 nitrogen and oxygen atoms in total. The summed E-state index contributed by atoms with van der Waals surface area (Å²) in [4.78, 5) is 0. The van der Waals surface area contributed by atoms with Gasteiger partial charge < -0.3 is 5.11 Å². The molecular weight excluding hydrogens is 217 g/mol. The zero-order valence-corrected chi connectivity index (χ0v) is 9.72. The van der Waals surface area contributed by atoms with Crippen molar-refractivity contribution < 1.29 is 18.3 Å². The molecule has 2 aliphatic carbocycles. The van der Waals surface area contributed by atoms with Gasteiger partial charge in [0.2, 0.25) is 0 Å². The molecule has 5 atom stereocenters. The highest BCUT2D eigenvalue weighted by Crippen LogP contribution is 2.54. The van der Waals surface area contributed by atoms with Gasteiger partial charge in [-0.1, -0.05) is 6.92 Å². The molecule has 2 aliphatic rings. The molecule has 94 valence electrons. The number of fused-ring (bicyclic) bond motifs is 2. The van der Waals surface area contributed by atoms with Crippen LogP contribution in [0.5, 0.6) is 0 Å². The fourth-order valence-electron chi connectivity index (χ4n) is 3.73. The third-order valence-corrected chi connectivity index (χ3v) is 4.55. The molecule has 0 heterocycles. The Morgan fingerprint density at radius 2 is 1.81 bits per heavy atom. The third kappa shape index (κ3) is 1.96. The van der Waals surface area contributed by atoms with Crippen LogP contribution in [-0.2, 0) is 0 Å². The van der Waals surface area contributed by atoms with Crippen LogP contribution in [0, 0.1) is 23.7 Å². The predicted octanol–water partition coefficient (Wildman–Crippen LogP) is 3.37. The number of alkyl halides is 3. The largest absolute Gasteiger partial charge is 0.416 e. The van der Waals surface area contributed by atoms with Crippen molar-refractivity contribution in [1.82, 2.24) is 0 Å².